The second kappa shape index (κ2) is 5.69. The van der Waals surface area contributed by atoms with Crippen LogP contribution in [-0.4, -0.2) is 23.5 Å². The Morgan fingerprint density at radius 2 is 2.05 bits per heavy atom. The van der Waals surface area contributed by atoms with Crippen molar-refractivity contribution < 1.29 is 19.1 Å². The highest BCUT2D eigenvalue weighted by Crippen LogP contribution is 2.37. The van der Waals surface area contributed by atoms with Gasteiger partial charge < -0.3 is 14.8 Å². The normalized spacial score (nSPS) is 18.7. The Balaban J connectivity index is 1.82. The van der Waals surface area contributed by atoms with Crippen molar-refractivity contribution in [1.29, 1.82) is 0 Å². The number of nitrogens with one attached hydrogen (secondary N) is 1. The molecule has 2 N–H and O–H groups in total. The van der Waals surface area contributed by atoms with Gasteiger partial charge in [0, 0.05) is 12.6 Å². The molecular formula is C15H21NO4. The topological polar surface area (TPSA) is 79.5 Å². The fraction of sp³-hybridized carbons (Fsp3) is 0.600. The molecule has 0 aliphatic heterocycles. The molecule has 5 heteroatoms. The summed E-state index contributed by atoms with van der Waals surface area (Å²) in [6, 6.07) is 1.25. The number of rotatable bonds is 4. The molecule has 0 saturated heterocycles. The van der Waals surface area contributed by atoms with Gasteiger partial charge in [-0.2, -0.15) is 0 Å². The third-order valence-corrected chi connectivity index (χ3v) is 4.08. The van der Waals surface area contributed by atoms with Crippen molar-refractivity contribution in [1.82, 2.24) is 5.32 Å². The molecule has 1 aromatic rings. The number of aromatic carboxylic acids is 1. The van der Waals surface area contributed by atoms with Gasteiger partial charge in [-0.25, -0.2) is 4.79 Å². The van der Waals surface area contributed by atoms with E-state index in [0.717, 1.165) is 19.1 Å². The van der Waals surface area contributed by atoms with Crippen LogP contribution in [0.3, 0.4) is 0 Å². The van der Waals surface area contributed by atoms with Crippen LogP contribution >= 0.6 is 0 Å². The number of hydrogen-bond acceptors (Lipinski definition) is 3. The van der Waals surface area contributed by atoms with E-state index in [1.54, 1.807) is 0 Å². The molecule has 110 valence electrons. The maximum absolute atomic E-state index is 11.9. The highest BCUT2D eigenvalue weighted by Gasteiger charge is 2.27. The van der Waals surface area contributed by atoms with Gasteiger partial charge in [0.1, 0.15) is 6.26 Å². The molecule has 0 aromatic carbocycles. The first kappa shape index (κ1) is 14.6. The first-order valence-corrected chi connectivity index (χ1v) is 6.97. The lowest BCUT2D eigenvalue weighted by molar-refractivity contribution is 0.0695. The van der Waals surface area contributed by atoms with E-state index in [1.165, 1.54) is 18.9 Å². The van der Waals surface area contributed by atoms with Gasteiger partial charge in [0.05, 0.1) is 5.56 Å². The average molecular weight is 279 g/mol. The third-order valence-electron chi connectivity index (χ3n) is 4.08. The largest absolute Gasteiger partial charge is 0.478 e. The Labute approximate surface area is 118 Å². The van der Waals surface area contributed by atoms with E-state index in [4.69, 9.17) is 9.52 Å². The Kier molecular flexibility index (Phi) is 4.16. The van der Waals surface area contributed by atoms with Crippen LogP contribution in [0.4, 0.5) is 0 Å². The van der Waals surface area contributed by atoms with Gasteiger partial charge in [-0.3, -0.25) is 4.79 Å². The molecule has 1 aromatic heterocycles. The van der Waals surface area contributed by atoms with Crippen LogP contribution in [0.2, 0.25) is 0 Å². The van der Waals surface area contributed by atoms with Crippen LogP contribution in [0.25, 0.3) is 0 Å². The molecule has 1 fully saturated rings. The smallest absolute Gasteiger partial charge is 0.338 e. The summed E-state index contributed by atoms with van der Waals surface area (Å²) in [5.74, 6) is -0.885. The molecule has 0 spiro atoms. The van der Waals surface area contributed by atoms with Gasteiger partial charge >= 0.3 is 5.97 Å². The number of hydrogen-bond donors (Lipinski definition) is 2. The molecule has 20 heavy (non-hydrogen) atoms. The maximum Gasteiger partial charge on any atom is 0.338 e. The Morgan fingerprint density at radius 3 is 2.60 bits per heavy atom. The molecular weight excluding hydrogens is 258 g/mol. The quantitative estimate of drug-likeness (QED) is 0.888. The van der Waals surface area contributed by atoms with E-state index in [2.05, 4.69) is 19.2 Å². The number of carbonyl (C=O) groups excluding carboxylic acids is 1. The van der Waals surface area contributed by atoms with Crippen molar-refractivity contribution in [3.8, 4) is 0 Å². The fourth-order valence-corrected chi connectivity index (χ4v) is 2.55. The van der Waals surface area contributed by atoms with E-state index in [0.29, 0.717) is 17.9 Å². The minimum atomic E-state index is -1.10. The molecule has 0 radical (unpaired) electrons. The highest BCUT2D eigenvalue weighted by molar-refractivity contribution is 5.95. The summed E-state index contributed by atoms with van der Waals surface area (Å²) in [5.41, 5.74) is 0.410. The lowest BCUT2D eigenvalue weighted by atomic mass is 9.73. The Bertz CT molecular complexity index is 494. The first-order chi connectivity index (χ1) is 9.37. The van der Waals surface area contributed by atoms with Gasteiger partial charge in [0.2, 0.25) is 0 Å². The van der Waals surface area contributed by atoms with Crippen LogP contribution in [0.15, 0.2) is 16.7 Å². The van der Waals surface area contributed by atoms with Gasteiger partial charge in [0.25, 0.3) is 5.91 Å². The van der Waals surface area contributed by atoms with E-state index in [9.17, 15) is 9.59 Å². The first-order valence-electron chi connectivity index (χ1n) is 6.97. The van der Waals surface area contributed by atoms with Crippen molar-refractivity contribution in [2.75, 3.05) is 6.54 Å². The molecule has 5 nitrogen and oxygen atoms in total. The minimum absolute atomic E-state index is 0.00503. The number of carbonyl (C=O) groups is 2. The molecule has 1 amide bonds. The number of amides is 1. The Morgan fingerprint density at radius 1 is 1.40 bits per heavy atom. The van der Waals surface area contributed by atoms with Crippen molar-refractivity contribution in [3.63, 3.8) is 0 Å². The number of furan rings is 1. The second-order valence-electron chi connectivity index (χ2n) is 6.32. The predicted octanol–water partition coefficient (Wildman–Crippen LogP) is 2.92. The van der Waals surface area contributed by atoms with Crippen LogP contribution in [0.1, 0.15) is 60.4 Å². The average Bonchev–Trinajstić information content (AvgIpc) is 2.87. The number of carboxylic acids is 1. The van der Waals surface area contributed by atoms with Crippen LogP contribution in [-0.2, 0) is 0 Å². The highest BCUT2D eigenvalue weighted by atomic mass is 16.4. The van der Waals surface area contributed by atoms with Gasteiger partial charge in [-0.05, 0) is 37.0 Å². The van der Waals surface area contributed by atoms with Crippen LogP contribution < -0.4 is 5.32 Å². The maximum atomic E-state index is 11.9. The van der Waals surface area contributed by atoms with E-state index >= 15 is 0 Å². The van der Waals surface area contributed by atoms with Crippen molar-refractivity contribution >= 4 is 11.9 Å². The monoisotopic (exact) mass is 279 g/mol. The van der Waals surface area contributed by atoms with Gasteiger partial charge in [-0.15, -0.1) is 0 Å². The fourth-order valence-electron chi connectivity index (χ4n) is 2.55. The summed E-state index contributed by atoms with van der Waals surface area (Å²) in [4.78, 5) is 22.6. The summed E-state index contributed by atoms with van der Waals surface area (Å²) in [5, 5.41) is 11.6. The van der Waals surface area contributed by atoms with Crippen LogP contribution in [0, 0.1) is 11.3 Å². The zero-order chi connectivity index (χ0) is 14.8. The summed E-state index contributed by atoms with van der Waals surface area (Å²) >= 11 is 0. The third kappa shape index (κ3) is 3.62. The molecule has 2 rings (SSSR count). The molecule has 0 atom stereocenters. The number of carboxylic acid groups (broad SMARTS) is 1. The lowest BCUT2D eigenvalue weighted by Gasteiger charge is -2.34. The molecule has 0 bridgehead atoms. The molecule has 1 saturated carbocycles. The molecule has 1 heterocycles. The summed E-state index contributed by atoms with van der Waals surface area (Å²) in [6.07, 6.45) is 5.67. The summed E-state index contributed by atoms with van der Waals surface area (Å²) < 4.78 is 4.97. The SMILES string of the molecule is CC1(C)CCC(CNC(=O)c2cc(C(=O)O)co2)CC1. The summed E-state index contributed by atoms with van der Waals surface area (Å²) in [6.45, 7) is 5.17. The van der Waals surface area contributed by atoms with Crippen molar-refractivity contribution in [3.05, 3.63) is 23.7 Å². The zero-order valence-corrected chi connectivity index (χ0v) is 11.9. The molecule has 1 aliphatic carbocycles. The summed E-state index contributed by atoms with van der Waals surface area (Å²) in [7, 11) is 0. The van der Waals surface area contributed by atoms with Gasteiger partial charge in [0.15, 0.2) is 5.76 Å². The van der Waals surface area contributed by atoms with Gasteiger partial charge in [-0.1, -0.05) is 13.8 Å². The standard InChI is InChI=1S/C15H21NO4/c1-15(2)5-3-10(4-6-15)8-16-13(17)12-7-11(9-20-12)14(18)19/h7,9-10H,3-6,8H2,1-2H3,(H,16,17)(H,18,19). The van der Waals surface area contributed by atoms with E-state index < -0.39 is 5.97 Å². The Hall–Kier alpha value is -1.78. The van der Waals surface area contributed by atoms with E-state index in [-0.39, 0.29) is 17.2 Å². The lowest BCUT2D eigenvalue weighted by Crippen LogP contribution is -2.32. The van der Waals surface area contributed by atoms with Crippen molar-refractivity contribution in [2.45, 2.75) is 39.5 Å². The van der Waals surface area contributed by atoms with Crippen LogP contribution in [0.5, 0.6) is 0 Å². The molecule has 0 unspecified atom stereocenters. The second-order valence-corrected chi connectivity index (χ2v) is 6.32. The van der Waals surface area contributed by atoms with E-state index in [1.807, 2.05) is 0 Å². The minimum Gasteiger partial charge on any atom is -0.478 e. The van der Waals surface area contributed by atoms with Crippen molar-refractivity contribution in [2.24, 2.45) is 11.3 Å². The predicted molar refractivity (Wildman–Crippen MR) is 73.7 cm³/mol. The zero-order valence-electron chi connectivity index (χ0n) is 11.9. The molecule has 1 aliphatic rings.